The summed E-state index contributed by atoms with van der Waals surface area (Å²) >= 11 is 1.83. The normalized spacial score (nSPS) is 15.5. The van der Waals surface area contributed by atoms with Crippen LogP contribution >= 0.6 is 11.8 Å². The van der Waals surface area contributed by atoms with Gasteiger partial charge in [0, 0.05) is 24.0 Å². The van der Waals surface area contributed by atoms with E-state index in [0.717, 1.165) is 30.9 Å². The van der Waals surface area contributed by atoms with Gasteiger partial charge in [-0.2, -0.15) is 11.8 Å². The molecule has 1 amide bonds. The molecule has 0 bridgehead atoms. The predicted molar refractivity (Wildman–Crippen MR) is 98.1 cm³/mol. The molecule has 1 aromatic rings. The van der Waals surface area contributed by atoms with Gasteiger partial charge in [0.2, 0.25) is 0 Å². The first-order valence-corrected chi connectivity index (χ1v) is 9.94. The molecule has 2 N–H and O–H groups in total. The van der Waals surface area contributed by atoms with E-state index >= 15 is 0 Å². The first-order chi connectivity index (χ1) is 11.5. The number of aromatic carboxylic acids is 1. The lowest BCUT2D eigenvalue weighted by Crippen LogP contribution is -2.43. The number of rotatable bonds is 7. The number of carbonyl (C=O) groups excluding carboxylic acids is 1. The van der Waals surface area contributed by atoms with Crippen LogP contribution in [0.2, 0.25) is 0 Å². The quantitative estimate of drug-likeness (QED) is 0.731. The van der Waals surface area contributed by atoms with Crippen LogP contribution in [0.3, 0.4) is 0 Å². The van der Waals surface area contributed by atoms with E-state index in [9.17, 15) is 14.7 Å². The molecule has 2 rings (SSSR count). The van der Waals surface area contributed by atoms with Crippen LogP contribution in [-0.2, 0) is 0 Å². The Balaban J connectivity index is 2.26. The summed E-state index contributed by atoms with van der Waals surface area (Å²) < 4.78 is 0. The molecule has 1 aromatic heterocycles. The second-order valence-corrected chi connectivity index (χ2v) is 7.81. The van der Waals surface area contributed by atoms with Gasteiger partial charge in [0.15, 0.2) is 0 Å². The molecular weight excluding hydrogens is 324 g/mol. The van der Waals surface area contributed by atoms with Gasteiger partial charge in [0.25, 0.3) is 5.91 Å². The third kappa shape index (κ3) is 4.15. The van der Waals surface area contributed by atoms with Crippen molar-refractivity contribution in [3.63, 3.8) is 0 Å². The van der Waals surface area contributed by atoms with E-state index in [1.165, 1.54) is 19.3 Å². The standard InChI is InChI=1S/C18H28N2O3S/c1-4-24-11-10-20(14-8-6-5-7-9-14)17(21)16-12(2)15(18(22)23)13(3)19-16/h14,19H,4-11H2,1-3H3,(H,22,23). The van der Waals surface area contributed by atoms with Crippen LogP contribution in [0.15, 0.2) is 0 Å². The number of carbonyl (C=O) groups is 2. The number of carboxylic acid groups (broad SMARTS) is 1. The van der Waals surface area contributed by atoms with Crippen LogP contribution in [0.25, 0.3) is 0 Å². The van der Waals surface area contributed by atoms with Crippen molar-refractivity contribution in [3.05, 3.63) is 22.5 Å². The zero-order chi connectivity index (χ0) is 17.7. The number of amides is 1. The van der Waals surface area contributed by atoms with E-state index in [4.69, 9.17) is 0 Å². The third-order valence-corrected chi connectivity index (χ3v) is 5.70. The van der Waals surface area contributed by atoms with E-state index in [1.54, 1.807) is 13.8 Å². The molecule has 0 atom stereocenters. The second-order valence-electron chi connectivity index (χ2n) is 6.42. The summed E-state index contributed by atoms with van der Waals surface area (Å²) in [6, 6.07) is 0.278. The maximum Gasteiger partial charge on any atom is 0.337 e. The van der Waals surface area contributed by atoms with E-state index in [2.05, 4.69) is 11.9 Å². The maximum atomic E-state index is 13.1. The van der Waals surface area contributed by atoms with Crippen LogP contribution in [0.4, 0.5) is 0 Å². The number of hydrogen-bond acceptors (Lipinski definition) is 3. The molecule has 0 saturated heterocycles. The van der Waals surface area contributed by atoms with Crippen molar-refractivity contribution in [2.24, 2.45) is 0 Å². The molecule has 24 heavy (non-hydrogen) atoms. The molecule has 1 aliphatic carbocycles. The predicted octanol–water partition coefficient (Wildman–Crippen LogP) is 3.86. The number of H-pyrrole nitrogens is 1. The van der Waals surface area contributed by atoms with Gasteiger partial charge < -0.3 is 15.0 Å². The van der Waals surface area contributed by atoms with E-state index in [-0.39, 0.29) is 17.5 Å². The zero-order valence-electron chi connectivity index (χ0n) is 14.9. The minimum Gasteiger partial charge on any atom is -0.478 e. The van der Waals surface area contributed by atoms with E-state index in [1.807, 2.05) is 16.7 Å². The van der Waals surface area contributed by atoms with Crippen LogP contribution in [-0.4, -0.2) is 51.0 Å². The van der Waals surface area contributed by atoms with Crippen molar-refractivity contribution in [1.82, 2.24) is 9.88 Å². The summed E-state index contributed by atoms with van der Waals surface area (Å²) in [7, 11) is 0. The molecule has 0 aromatic carbocycles. The molecular formula is C18H28N2O3S. The molecule has 0 unspecified atom stereocenters. The number of carboxylic acids is 1. The first-order valence-electron chi connectivity index (χ1n) is 8.78. The van der Waals surface area contributed by atoms with Gasteiger partial charge in [-0.05, 0) is 38.0 Å². The van der Waals surface area contributed by atoms with E-state index < -0.39 is 5.97 Å². The van der Waals surface area contributed by atoms with Crippen molar-refractivity contribution < 1.29 is 14.7 Å². The van der Waals surface area contributed by atoms with Gasteiger partial charge >= 0.3 is 5.97 Å². The minimum absolute atomic E-state index is 0.0493. The Bertz CT molecular complexity index is 591. The van der Waals surface area contributed by atoms with Gasteiger partial charge in [-0.1, -0.05) is 26.2 Å². The van der Waals surface area contributed by atoms with Gasteiger partial charge in [0.1, 0.15) is 5.69 Å². The number of nitrogens with one attached hydrogen (secondary N) is 1. The van der Waals surface area contributed by atoms with Crippen LogP contribution in [0, 0.1) is 13.8 Å². The third-order valence-electron chi connectivity index (χ3n) is 4.82. The highest BCUT2D eigenvalue weighted by Gasteiger charge is 2.29. The zero-order valence-corrected chi connectivity index (χ0v) is 15.7. The number of nitrogens with zero attached hydrogens (tertiary/aromatic N) is 1. The fraction of sp³-hybridized carbons (Fsp3) is 0.667. The molecule has 0 aliphatic heterocycles. The molecule has 6 heteroatoms. The van der Waals surface area contributed by atoms with Crippen LogP contribution < -0.4 is 0 Å². The summed E-state index contributed by atoms with van der Waals surface area (Å²) in [5, 5.41) is 9.35. The van der Waals surface area contributed by atoms with Crippen molar-refractivity contribution in [1.29, 1.82) is 0 Å². The lowest BCUT2D eigenvalue weighted by atomic mass is 9.94. The molecule has 0 spiro atoms. The number of thioether (sulfide) groups is 1. The fourth-order valence-electron chi connectivity index (χ4n) is 3.58. The summed E-state index contributed by atoms with van der Waals surface area (Å²) in [4.78, 5) is 29.6. The maximum absolute atomic E-state index is 13.1. The smallest absolute Gasteiger partial charge is 0.337 e. The minimum atomic E-state index is -0.981. The van der Waals surface area contributed by atoms with Gasteiger partial charge in [-0.25, -0.2) is 4.79 Å². The summed E-state index contributed by atoms with van der Waals surface area (Å²) in [6.45, 7) is 6.28. The largest absolute Gasteiger partial charge is 0.478 e. The Morgan fingerprint density at radius 3 is 2.46 bits per heavy atom. The molecule has 134 valence electrons. The van der Waals surface area contributed by atoms with Crippen molar-refractivity contribution in [2.45, 2.75) is 58.9 Å². The average molecular weight is 353 g/mol. The molecule has 5 nitrogen and oxygen atoms in total. The molecule has 1 fully saturated rings. The Hall–Kier alpha value is -1.43. The molecule has 1 heterocycles. The monoisotopic (exact) mass is 352 g/mol. The van der Waals surface area contributed by atoms with Crippen LogP contribution in [0.5, 0.6) is 0 Å². The van der Waals surface area contributed by atoms with Crippen molar-refractivity contribution >= 4 is 23.6 Å². The van der Waals surface area contributed by atoms with Gasteiger partial charge in [0.05, 0.1) is 5.56 Å². The molecule has 1 aliphatic rings. The summed E-state index contributed by atoms with van der Waals surface area (Å²) in [6.07, 6.45) is 5.67. The summed E-state index contributed by atoms with van der Waals surface area (Å²) in [5.41, 5.74) is 1.77. The highest BCUT2D eigenvalue weighted by atomic mass is 32.2. The first kappa shape index (κ1) is 18.9. The number of hydrogen-bond donors (Lipinski definition) is 2. The lowest BCUT2D eigenvalue weighted by molar-refractivity contribution is 0.0644. The lowest BCUT2D eigenvalue weighted by Gasteiger charge is -2.34. The Labute approximate surface area is 148 Å². The van der Waals surface area contributed by atoms with Crippen molar-refractivity contribution in [2.75, 3.05) is 18.1 Å². The fourth-order valence-corrected chi connectivity index (χ4v) is 4.19. The summed E-state index contributed by atoms with van der Waals surface area (Å²) in [5.74, 6) is 0.928. The van der Waals surface area contributed by atoms with Crippen LogP contribution in [0.1, 0.15) is 71.1 Å². The number of aromatic nitrogens is 1. The molecule has 0 radical (unpaired) electrons. The van der Waals surface area contributed by atoms with Crippen molar-refractivity contribution in [3.8, 4) is 0 Å². The molecule has 1 saturated carbocycles. The average Bonchev–Trinajstić information content (AvgIpc) is 2.86. The van der Waals surface area contributed by atoms with E-state index in [0.29, 0.717) is 17.0 Å². The number of aryl methyl sites for hydroxylation is 1. The SMILES string of the molecule is CCSCCN(C(=O)c1[nH]c(C)c(C(=O)O)c1C)C1CCCCC1. The van der Waals surface area contributed by atoms with Gasteiger partial charge in [-0.3, -0.25) is 4.79 Å². The Morgan fingerprint density at radius 1 is 1.25 bits per heavy atom. The number of aromatic amines is 1. The topological polar surface area (TPSA) is 73.4 Å². The highest BCUT2D eigenvalue weighted by Crippen LogP contribution is 2.26. The highest BCUT2D eigenvalue weighted by molar-refractivity contribution is 7.99. The second kappa shape index (κ2) is 8.60. The Kier molecular flexibility index (Phi) is 6.78. The van der Waals surface area contributed by atoms with Gasteiger partial charge in [-0.15, -0.1) is 0 Å². The Morgan fingerprint density at radius 2 is 1.92 bits per heavy atom.